The molecule has 1 atom stereocenters. The summed E-state index contributed by atoms with van der Waals surface area (Å²) in [6, 6.07) is 8.54. The first kappa shape index (κ1) is 17.0. The van der Waals surface area contributed by atoms with Crippen LogP contribution in [0, 0.1) is 5.92 Å². The quantitative estimate of drug-likeness (QED) is 0.919. The van der Waals surface area contributed by atoms with Gasteiger partial charge >= 0.3 is 0 Å². The minimum absolute atomic E-state index is 0.00526. The number of ether oxygens (including phenoxy) is 1. The summed E-state index contributed by atoms with van der Waals surface area (Å²) in [5.41, 5.74) is 2.62. The smallest absolute Gasteiger partial charge is 0.248 e. The highest BCUT2D eigenvalue weighted by molar-refractivity contribution is 5.81. The Balaban J connectivity index is 1.55. The van der Waals surface area contributed by atoms with Gasteiger partial charge in [-0.05, 0) is 43.2 Å². The molecule has 24 heavy (non-hydrogen) atoms. The van der Waals surface area contributed by atoms with Crippen LogP contribution in [0.1, 0.15) is 42.9 Å². The van der Waals surface area contributed by atoms with E-state index in [1.165, 1.54) is 18.2 Å². The lowest BCUT2D eigenvalue weighted by molar-refractivity contribution is -0.138. The molecule has 0 radical (unpaired) electrons. The Labute approximate surface area is 143 Å². The Morgan fingerprint density at radius 3 is 2.71 bits per heavy atom. The molecule has 2 aliphatic rings. The van der Waals surface area contributed by atoms with E-state index in [9.17, 15) is 9.59 Å². The normalized spacial score (nSPS) is 21.2. The van der Waals surface area contributed by atoms with Gasteiger partial charge in [0.05, 0.1) is 6.04 Å². The van der Waals surface area contributed by atoms with Gasteiger partial charge < -0.3 is 15.0 Å². The number of hydrogen-bond donors (Lipinski definition) is 1. The number of hydrogen-bond acceptors (Lipinski definition) is 3. The van der Waals surface area contributed by atoms with E-state index in [1.54, 1.807) is 4.90 Å². The number of nitrogens with one attached hydrogen (secondary N) is 1. The molecule has 1 unspecified atom stereocenters. The molecule has 0 spiro atoms. The zero-order valence-corrected chi connectivity index (χ0v) is 14.3. The Bertz CT molecular complexity index is 594. The van der Waals surface area contributed by atoms with Crippen molar-refractivity contribution in [2.24, 2.45) is 5.92 Å². The summed E-state index contributed by atoms with van der Waals surface area (Å²) < 4.78 is 4.89. The fourth-order valence-electron chi connectivity index (χ4n) is 3.80. The number of nitrogens with zero attached hydrogens (tertiary/aromatic N) is 1. The number of aryl methyl sites for hydroxylation is 1. The predicted octanol–water partition coefficient (Wildman–Crippen LogP) is 2.07. The number of benzene rings is 1. The minimum atomic E-state index is 0.00526. The molecule has 1 aliphatic carbocycles. The molecule has 1 heterocycles. The van der Waals surface area contributed by atoms with Crippen LogP contribution in [0.3, 0.4) is 0 Å². The molecular weight excluding hydrogens is 304 g/mol. The van der Waals surface area contributed by atoms with Crippen molar-refractivity contribution in [1.29, 1.82) is 0 Å². The number of methoxy groups -OCH3 is 1. The summed E-state index contributed by atoms with van der Waals surface area (Å²) in [6.45, 7) is 1.40. The number of carbonyl (C=O) groups excluding carboxylic acids is 2. The van der Waals surface area contributed by atoms with Crippen LogP contribution in [0.15, 0.2) is 24.3 Å². The van der Waals surface area contributed by atoms with Gasteiger partial charge in [-0.25, -0.2) is 0 Å². The number of piperidine rings is 1. The molecule has 0 aromatic heterocycles. The lowest BCUT2D eigenvalue weighted by Crippen LogP contribution is -2.45. The van der Waals surface area contributed by atoms with E-state index in [0.29, 0.717) is 13.1 Å². The maximum Gasteiger partial charge on any atom is 0.248 e. The van der Waals surface area contributed by atoms with Gasteiger partial charge in [0.25, 0.3) is 0 Å². The first-order valence-electron chi connectivity index (χ1n) is 8.84. The number of amides is 2. The van der Waals surface area contributed by atoms with Gasteiger partial charge in [-0.1, -0.05) is 24.3 Å². The average Bonchev–Trinajstić information content (AvgIpc) is 2.62. The van der Waals surface area contributed by atoms with Crippen LogP contribution in [-0.2, 0) is 20.7 Å². The SMILES string of the molecule is COCC(=O)N1CCC(C(=O)NC2CCCc3ccccc32)CC1. The molecule has 130 valence electrons. The molecule has 1 aromatic carbocycles. The Kier molecular flexibility index (Phi) is 5.51. The van der Waals surface area contributed by atoms with Gasteiger partial charge in [-0.15, -0.1) is 0 Å². The largest absolute Gasteiger partial charge is 0.375 e. The fourth-order valence-corrected chi connectivity index (χ4v) is 3.80. The van der Waals surface area contributed by atoms with Crippen molar-refractivity contribution in [2.75, 3.05) is 26.8 Å². The van der Waals surface area contributed by atoms with Gasteiger partial charge in [-0.3, -0.25) is 9.59 Å². The maximum atomic E-state index is 12.6. The number of carbonyl (C=O) groups is 2. The Morgan fingerprint density at radius 2 is 1.96 bits per heavy atom. The number of rotatable bonds is 4. The Morgan fingerprint density at radius 1 is 1.21 bits per heavy atom. The molecule has 0 bridgehead atoms. The van der Waals surface area contributed by atoms with Gasteiger partial charge in [0.1, 0.15) is 6.61 Å². The van der Waals surface area contributed by atoms with Crippen LogP contribution >= 0.6 is 0 Å². The monoisotopic (exact) mass is 330 g/mol. The summed E-state index contributed by atoms with van der Waals surface area (Å²) in [5.74, 6) is 0.152. The zero-order chi connectivity index (χ0) is 16.9. The van der Waals surface area contributed by atoms with E-state index >= 15 is 0 Å². The van der Waals surface area contributed by atoms with Crippen molar-refractivity contribution >= 4 is 11.8 Å². The van der Waals surface area contributed by atoms with Gasteiger partial charge in [0.2, 0.25) is 11.8 Å². The first-order chi connectivity index (χ1) is 11.7. The second-order valence-electron chi connectivity index (χ2n) is 6.74. The highest BCUT2D eigenvalue weighted by Gasteiger charge is 2.29. The molecule has 5 heteroatoms. The third-order valence-corrected chi connectivity index (χ3v) is 5.17. The van der Waals surface area contributed by atoms with E-state index in [0.717, 1.165) is 32.1 Å². The number of likely N-dealkylation sites (tertiary alicyclic amines) is 1. The zero-order valence-electron chi connectivity index (χ0n) is 14.3. The van der Waals surface area contributed by atoms with Crippen molar-refractivity contribution in [3.05, 3.63) is 35.4 Å². The first-order valence-corrected chi connectivity index (χ1v) is 8.84. The topological polar surface area (TPSA) is 58.6 Å². The fraction of sp³-hybridized carbons (Fsp3) is 0.579. The molecule has 1 saturated heterocycles. The molecule has 1 N–H and O–H groups in total. The third kappa shape index (κ3) is 3.78. The van der Waals surface area contributed by atoms with E-state index < -0.39 is 0 Å². The highest BCUT2D eigenvalue weighted by Crippen LogP contribution is 2.30. The highest BCUT2D eigenvalue weighted by atomic mass is 16.5. The molecule has 2 amide bonds. The molecule has 3 rings (SSSR count). The van der Waals surface area contributed by atoms with Crippen LogP contribution in [0.5, 0.6) is 0 Å². The maximum absolute atomic E-state index is 12.6. The predicted molar refractivity (Wildman–Crippen MR) is 91.4 cm³/mol. The van der Waals surface area contributed by atoms with Crippen molar-refractivity contribution in [2.45, 2.75) is 38.1 Å². The lowest BCUT2D eigenvalue weighted by Gasteiger charge is -2.33. The molecule has 1 aromatic rings. The van der Waals surface area contributed by atoms with Crippen LogP contribution in [0.25, 0.3) is 0 Å². The summed E-state index contributed by atoms with van der Waals surface area (Å²) in [4.78, 5) is 26.3. The van der Waals surface area contributed by atoms with Crippen molar-refractivity contribution in [1.82, 2.24) is 10.2 Å². The van der Waals surface area contributed by atoms with E-state index in [4.69, 9.17) is 4.74 Å². The van der Waals surface area contributed by atoms with Crippen molar-refractivity contribution < 1.29 is 14.3 Å². The van der Waals surface area contributed by atoms with Gasteiger partial charge in [0.15, 0.2) is 0 Å². The van der Waals surface area contributed by atoms with E-state index in [1.807, 2.05) is 6.07 Å². The lowest BCUT2D eigenvalue weighted by atomic mass is 9.87. The number of fused-ring (bicyclic) bond motifs is 1. The molecular formula is C19H26N2O3. The summed E-state index contributed by atoms with van der Waals surface area (Å²) in [6.07, 6.45) is 4.69. The second kappa shape index (κ2) is 7.79. The summed E-state index contributed by atoms with van der Waals surface area (Å²) >= 11 is 0. The standard InChI is InChI=1S/C19H26N2O3/c1-24-13-18(22)21-11-9-15(10-12-21)19(23)20-17-8-4-6-14-5-2-3-7-16(14)17/h2-3,5,7,15,17H,4,6,8-13H2,1H3,(H,20,23). The van der Waals surface area contributed by atoms with Crippen LogP contribution < -0.4 is 5.32 Å². The van der Waals surface area contributed by atoms with Gasteiger partial charge in [-0.2, -0.15) is 0 Å². The molecule has 0 saturated carbocycles. The molecule has 1 aliphatic heterocycles. The third-order valence-electron chi connectivity index (χ3n) is 5.17. The Hall–Kier alpha value is -1.88. The molecule has 1 fully saturated rings. The van der Waals surface area contributed by atoms with Crippen LogP contribution in [-0.4, -0.2) is 43.5 Å². The minimum Gasteiger partial charge on any atom is -0.375 e. The van der Waals surface area contributed by atoms with Gasteiger partial charge in [0, 0.05) is 26.1 Å². The molecule has 5 nitrogen and oxygen atoms in total. The average molecular weight is 330 g/mol. The van der Waals surface area contributed by atoms with Crippen LogP contribution in [0.2, 0.25) is 0 Å². The summed E-state index contributed by atoms with van der Waals surface area (Å²) in [7, 11) is 1.53. The summed E-state index contributed by atoms with van der Waals surface area (Å²) in [5, 5.41) is 3.25. The second-order valence-corrected chi connectivity index (χ2v) is 6.74. The van der Waals surface area contributed by atoms with Crippen molar-refractivity contribution in [3.8, 4) is 0 Å². The van der Waals surface area contributed by atoms with Crippen LogP contribution in [0.4, 0.5) is 0 Å². The van der Waals surface area contributed by atoms with E-state index in [-0.39, 0.29) is 30.4 Å². The van der Waals surface area contributed by atoms with Crippen molar-refractivity contribution in [3.63, 3.8) is 0 Å². The van der Waals surface area contributed by atoms with E-state index in [2.05, 4.69) is 23.5 Å².